The Labute approximate surface area is 78.6 Å². The molecule has 2 N–H and O–H groups in total. The van der Waals surface area contributed by atoms with E-state index in [0.717, 1.165) is 11.4 Å². The van der Waals surface area contributed by atoms with Gasteiger partial charge in [-0.3, -0.25) is 0 Å². The van der Waals surface area contributed by atoms with Gasteiger partial charge in [-0.05, 0) is 30.4 Å². The Balaban J connectivity index is 3.21. The van der Waals surface area contributed by atoms with Gasteiger partial charge in [0.1, 0.15) is 0 Å². The molecular formula is C10H17NS. The second-order valence-electron chi connectivity index (χ2n) is 3.44. The van der Waals surface area contributed by atoms with Crippen LogP contribution in [0.2, 0.25) is 0 Å². The van der Waals surface area contributed by atoms with Gasteiger partial charge in [0.05, 0.1) is 5.00 Å². The van der Waals surface area contributed by atoms with E-state index in [1.54, 1.807) is 11.3 Å². The zero-order valence-corrected chi connectivity index (χ0v) is 9.09. The maximum atomic E-state index is 5.87. The molecule has 0 saturated heterocycles. The SMILES string of the molecule is CCc1sc(N)c(C)c1C(C)C. The first-order valence-corrected chi connectivity index (χ1v) is 5.27. The van der Waals surface area contributed by atoms with Gasteiger partial charge >= 0.3 is 0 Å². The van der Waals surface area contributed by atoms with Crippen LogP contribution in [0.3, 0.4) is 0 Å². The quantitative estimate of drug-likeness (QED) is 0.748. The van der Waals surface area contributed by atoms with Gasteiger partial charge in [0, 0.05) is 4.88 Å². The van der Waals surface area contributed by atoms with Gasteiger partial charge in [-0.25, -0.2) is 0 Å². The third-order valence-corrected chi connectivity index (χ3v) is 3.49. The molecule has 1 rings (SSSR count). The third-order valence-electron chi connectivity index (χ3n) is 2.21. The van der Waals surface area contributed by atoms with Crippen molar-refractivity contribution in [2.24, 2.45) is 0 Å². The average Bonchev–Trinajstić information content (AvgIpc) is 2.28. The van der Waals surface area contributed by atoms with E-state index >= 15 is 0 Å². The fourth-order valence-electron chi connectivity index (χ4n) is 1.62. The maximum absolute atomic E-state index is 5.87. The predicted molar refractivity (Wildman–Crippen MR) is 56.9 cm³/mol. The molecule has 0 aliphatic carbocycles. The first kappa shape index (κ1) is 9.59. The van der Waals surface area contributed by atoms with E-state index in [9.17, 15) is 0 Å². The highest BCUT2D eigenvalue weighted by molar-refractivity contribution is 7.16. The van der Waals surface area contributed by atoms with Crippen LogP contribution in [0.5, 0.6) is 0 Å². The molecule has 68 valence electrons. The predicted octanol–water partition coefficient (Wildman–Crippen LogP) is 3.32. The van der Waals surface area contributed by atoms with Gasteiger partial charge in [0.2, 0.25) is 0 Å². The molecule has 0 aromatic carbocycles. The van der Waals surface area contributed by atoms with Gasteiger partial charge in [0.15, 0.2) is 0 Å². The first-order valence-electron chi connectivity index (χ1n) is 4.45. The summed E-state index contributed by atoms with van der Waals surface area (Å²) in [7, 11) is 0. The molecule has 1 aromatic heterocycles. The van der Waals surface area contributed by atoms with E-state index < -0.39 is 0 Å². The molecule has 0 spiro atoms. The first-order chi connectivity index (χ1) is 5.57. The molecule has 2 heteroatoms. The van der Waals surface area contributed by atoms with E-state index in [2.05, 4.69) is 27.7 Å². The van der Waals surface area contributed by atoms with Crippen LogP contribution in [0.15, 0.2) is 0 Å². The number of nitrogen functional groups attached to an aromatic ring is 1. The van der Waals surface area contributed by atoms with Crippen molar-refractivity contribution >= 4 is 16.3 Å². The van der Waals surface area contributed by atoms with Crippen LogP contribution >= 0.6 is 11.3 Å². The zero-order valence-electron chi connectivity index (χ0n) is 8.27. The standard InChI is InChI=1S/C10H17NS/c1-5-8-9(6(2)3)7(4)10(11)12-8/h6H,5,11H2,1-4H3. The lowest BCUT2D eigenvalue weighted by Crippen LogP contribution is -1.93. The van der Waals surface area contributed by atoms with Crippen LogP contribution < -0.4 is 5.73 Å². The summed E-state index contributed by atoms with van der Waals surface area (Å²) in [5.41, 5.74) is 8.64. The number of hydrogen-bond acceptors (Lipinski definition) is 2. The van der Waals surface area contributed by atoms with Crippen molar-refractivity contribution in [2.45, 2.75) is 40.0 Å². The number of nitrogens with two attached hydrogens (primary N) is 1. The minimum Gasteiger partial charge on any atom is -0.390 e. The molecule has 0 saturated carbocycles. The van der Waals surface area contributed by atoms with Crippen LogP contribution in [0.4, 0.5) is 5.00 Å². The lowest BCUT2D eigenvalue weighted by Gasteiger charge is -2.06. The Hall–Kier alpha value is -0.500. The number of anilines is 1. The monoisotopic (exact) mass is 183 g/mol. The molecule has 0 radical (unpaired) electrons. The Kier molecular flexibility index (Phi) is 2.78. The van der Waals surface area contributed by atoms with Gasteiger partial charge in [-0.2, -0.15) is 0 Å². The largest absolute Gasteiger partial charge is 0.390 e. The fourth-order valence-corrected chi connectivity index (χ4v) is 2.80. The summed E-state index contributed by atoms with van der Waals surface area (Å²) >= 11 is 1.75. The summed E-state index contributed by atoms with van der Waals surface area (Å²) in [6.07, 6.45) is 1.11. The Morgan fingerprint density at radius 1 is 1.42 bits per heavy atom. The molecule has 0 fully saturated rings. The smallest absolute Gasteiger partial charge is 0.0891 e. The van der Waals surface area contributed by atoms with E-state index in [0.29, 0.717) is 5.92 Å². The summed E-state index contributed by atoms with van der Waals surface area (Å²) in [4.78, 5) is 1.46. The van der Waals surface area contributed by atoms with E-state index in [-0.39, 0.29) is 0 Å². The fraction of sp³-hybridized carbons (Fsp3) is 0.600. The van der Waals surface area contributed by atoms with Gasteiger partial charge in [-0.1, -0.05) is 20.8 Å². The summed E-state index contributed by atoms with van der Waals surface area (Å²) in [6.45, 7) is 8.78. The van der Waals surface area contributed by atoms with E-state index in [4.69, 9.17) is 5.73 Å². The lowest BCUT2D eigenvalue weighted by atomic mass is 9.99. The third kappa shape index (κ3) is 1.48. The van der Waals surface area contributed by atoms with Crippen molar-refractivity contribution in [1.29, 1.82) is 0 Å². The van der Waals surface area contributed by atoms with Crippen molar-refractivity contribution in [3.63, 3.8) is 0 Å². The number of rotatable bonds is 2. The summed E-state index contributed by atoms with van der Waals surface area (Å²) < 4.78 is 0. The Morgan fingerprint density at radius 3 is 2.33 bits per heavy atom. The summed E-state index contributed by atoms with van der Waals surface area (Å²) in [5, 5.41) is 0.996. The molecule has 0 unspecified atom stereocenters. The molecular weight excluding hydrogens is 166 g/mol. The number of thiophene rings is 1. The van der Waals surface area contributed by atoms with Gasteiger partial charge < -0.3 is 5.73 Å². The minimum absolute atomic E-state index is 0.605. The van der Waals surface area contributed by atoms with Gasteiger partial charge in [0.25, 0.3) is 0 Å². The topological polar surface area (TPSA) is 26.0 Å². The molecule has 0 atom stereocenters. The molecule has 0 aliphatic heterocycles. The highest BCUT2D eigenvalue weighted by atomic mass is 32.1. The van der Waals surface area contributed by atoms with E-state index in [1.165, 1.54) is 16.0 Å². The second kappa shape index (κ2) is 3.48. The molecule has 1 nitrogen and oxygen atoms in total. The van der Waals surface area contributed by atoms with E-state index in [1.807, 2.05) is 0 Å². The van der Waals surface area contributed by atoms with Crippen LogP contribution in [0.25, 0.3) is 0 Å². The Bertz CT molecular complexity index is 274. The zero-order chi connectivity index (χ0) is 9.30. The van der Waals surface area contributed by atoms with Crippen LogP contribution in [0, 0.1) is 6.92 Å². The highest BCUT2D eigenvalue weighted by Gasteiger charge is 2.13. The molecule has 1 heterocycles. The second-order valence-corrected chi connectivity index (χ2v) is 4.57. The highest BCUT2D eigenvalue weighted by Crippen LogP contribution is 2.35. The molecule has 1 aromatic rings. The lowest BCUT2D eigenvalue weighted by molar-refractivity contribution is 0.846. The van der Waals surface area contributed by atoms with Crippen LogP contribution in [-0.4, -0.2) is 0 Å². The molecule has 0 aliphatic rings. The minimum atomic E-state index is 0.605. The van der Waals surface area contributed by atoms with Crippen molar-refractivity contribution < 1.29 is 0 Å². The normalized spacial score (nSPS) is 11.1. The molecule has 0 bridgehead atoms. The number of aryl methyl sites for hydroxylation is 1. The van der Waals surface area contributed by atoms with Crippen LogP contribution in [0.1, 0.15) is 42.7 Å². The maximum Gasteiger partial charge on any atom is 0.0891 e. The van der Waals surface area contributed by atoms with Crippen molar-refractivity contribution in [2.75, 3.05) is 5.73 Å². The van der Waals surface area contributed by atoms with Crippen molar-refractivity contribution in [1.82, 2.24) is 0 Å². The average molecular weight is 183 g/mol. The van der Waals surface area contributed by atoms with Gasteiger partial charge in [-0.15, -0.1) is 11.3 Å². The molecule has 0 amide bonds. The number of hydrogen-bond donors (Lipinski definition) is 1. The Morgan fingerprint density at radius 2 is 2.00 bits per heavy atom. The van der Waals surface area contributed by atoms with Crippen molar-refractivity contribution in [3.8, 4) is 0 Å². The summed E-state index contributed by atoms with van der Waals surface area (Å²) in [5.74, 6) is 0.605. The van der Waals surface area contributed by atoms with Crippen molar-refractivity contribution in [3.05, 3.63) is 16.0 Å². The summed E-state index contributed by atoms with van der Waals surface area (Å²) in [6, 6.07) is 0. The van der Waals surface area contributed by atoms with Crippen LogP contribution in [-0.2, 0) is 6.42 Å². The molecule has 12 heavy (non-hydrogen) atoms.